The topological polar surface area (TPSA) is 58.4 Å². The second-order valence-corrected chi connectivity index (χ2v) is 9.19. The molecule has 25 heavy (non-hydrogen) atoms. The lowest BCUT2D eigenvalue weighted by Gasteiger charge is -2.30. The molecule has 1 amide bonds. The number of carbonyl (C=O) groups excluding carboxylic acids is 1. The zero-order valence-corrected chi connectivity index (χ0v) is 17.1. The highest BCUT2D eigenvalue weighted by Crippen LogP contribution is 2.33. The van der Waals surface area contributed by atoms with E-state index in [0.29, 0.717) is 23.6 Å². The van der Waals surface area contributed by atoms with Crippen LogP contribution in [-0.4, -0.2) is 42.1 Å². The maximum Gasteiger partial charge on any atom is 0.257 e. The van der Waals surface area contributed by atoms with E-state index in [0.717, 1.165) is 27.5 Å². The monoisotopic (exact) mass is 425 g/mol. The van der Waals surface area contributed by atoms with E-state index in [4.69, 9.17) is 4.52 Å². The second-order valence-electron chi connectivity index (χ2n) is 6.72. The molecule has 136 valence electrons. The van der Waals surface area contributed by atoms with Gasteiger partial charge in [-0.05, 0) is 73.3 Å². The number of rotatable bonds is 6. The first-order chi connectivity index (χ1) is 12.0. The molecule has 3 heterocycles. The van der Waals surface area contributed by atoms with Gasteiger partial charge in [0, 0.05) is 13.1 Å². The molecule has 0 radical (unpaired) electrons. The molecule has 1 atom stereocenters. The second kappa shape index (κ2) is 8.47. The van der Waals surface area contributed by atoms with E-state index in [9.17, 15) is 4.79 Å². The first-order valence-electron chi connectivity index (χ1n) is 8.77. The summed E-state index contributed by atoms with van der Waals surface area (Å²) >= 11 is 4.99. The average Bonchev–Trinajstić information content (AvgIpc) is 3.17. The number of aryl methyl sites for hydroxylation is 1. The Morgan fingerprint density at radius 3 is 3.08 bits per heavy atom. The van der Waals surface area contributed by atoms with Crippen molar-refractivity contribution < 1.29 is 9.32 Å². The first-order valence-corrected chi connectivity index (χ1v) is 10.4. The fourth-order valence-corrected chi connectivity index (χ4v) is 4.71. The molecule has 1 fully saturated rings. The van der Waals surface area contributed by atoms with Gasteiger partial charge in [-0.3, -0.25) is 4.79 Å². The van der Waals surface area contributed by atoms with Gasteiger partial charge in [0.2, 0.25) is 0 Å². The number of amides is 1. The Morgan fingerprint density at radius 1 is 1.52 bits per heavy atom. The largest absolute Gasteiger partial charge is 0.360 e. The van der Waals surface area contributed by atoms with Gasteiger partial charge in [-0.15, -0.1) is 11.3 Å². The molecular weight excluding hydrogens is 402 g/mol. The van der Waals surface area contributed by atoms with Crippen LogP contribution in [0.15, 0.2) is 20.4 Å². The summed E-state index contributed by atoms with van der Waals surface area (Å²) in [6.07, 6.45) is 3.58. The Morgan fingerprint density at radius 2 is 2.36 bits per heavy atom. The maximum absolute atomic E-state index is 12.6. The molecule has 1 N–H and O–H groups in total. The van der Waals surface area contributed by atoms with Gasteiger partial charge in [0.1, 0.15) is 17.0 Å². The summed E-state index contributed by atoms with van der Waals surface area (Å²) < 4.78 is 6.27. The highest BCUT2D eigenvalue weighted by atomic mass is 79.9. The number of hydrogen-bond acceptors (Lipinski definition) is 5. The van der Waals surface area contributed by atoms with Gasteiger partial charge in [0.05, 0.1) is 8.66 Å². The molecular formula is C18H24BrN3O2S. The van der Waals surface area contributed by atoms with Crippen LogP contribution in [0.5, 0.6) is 0 Å². The molecule has 0 unspecified atom stereocenters. The Hall–Kier alpha value is -1.18. The quantitative estimate of drug-likeness (QED) is 0.699. The normalized spacial score (nSPS) is 18.4. The molecule has 0 saturated carbocycles. The van der Waals surface area contributed by atoms with E-state index in [2.05, 4.69) is 38.2 Å². The van der Waals surface area contributed by atoms with Gasteiger partial charge >= 0.3 is 0 Å². The fraction of sp³-hybridized carbons (Fsp3) is 0.556. The van der Waals surface area contributed by atoms with Crippen LogP contribution < -0.4 is 5.32 Å². The molecule has 7 heteroatoms. The third-order valence-electron chi connectivity index (χ3n) is 4.57. The van der Waals surface area contributed by atoms with Crippen LogP contribution in [0.2, 0.25) is 0 Å². The van der Waals surface area contributed by atoms with Crippen molar-refractivity contribution in [2.75, 3.05) is 26.2 Å². The van der Waals surface area contributed by atoms with Gasteiger partial charge in [0.15, 0.2) is 0 Å². The number of likely N-dealkylation sites (tertiary alicyclic amines) is 1. The fourth-order valence-electron chi connectivity index (χ4n) is 3.33. The molecule has 1 aliphatic rings. The average molecular weight is 426 g/mol. The van der Waals surface area contributed by atoms with E-state index in [-0.39, 0.29) is 5.91 Å². The van der Waals surface area contributed by atoms with Crippen molar-refractivity contribution in [3.63, 3.8) is 0 Å². The molecule has 3 rings (SSSR count). The smallest absolute Gasteiger partial charge is 0.257 e. The van der Waals surface area contributed by atoms with Gasteiger partial charge in [-0.2, -0.15) is 0 Å². The predicted octanol–water partition coefficient (Wildman–Crippen LogP) is 4.33. The lowest BCUT2D eigenvalue weighted by Crippen LogP contribution is -2.36. The lowest BCUT2D eigenvalue weighted by molar-refractivity contribution is 0.0949. The minimum absolute atomic E-state index is 0.106. The number of thiophene rings is 1. The van der Waals surface area contributed by atoms with E-state index >= 15 is 0 Å². The number of hydrogen-bond donors (Lipinski definition) is 1. The molecule has 0 aliphatic carbocycles. The third kappa shape index (κ3) is 4.71. The molecule has 2 aromatic rings. The number of carbonyl (C=O) groups is 1. The summed E-state index contributed by atoms with van der Waals surface area (Å²) in [4.78, 5) is 16.0. The maximum atomic E-state index is 12.6. The molecule has 5 nitrogen and oxygen atoms in total. The van der Waals surface area contributed by atoms with Gasteiger partial charge in [-0.1, -0.05) is 12.1 Å². The van der Waals surface area contributed by atoms with Crippen LogP contribution in [0, 0.1) is 12.8 Å². The number of halogens is 1. The number of nitrogens with zero attached hydrogens (tertiary/aromatic N) is 2. The van der Waals surface area contributed by atoms with Crippen molar-refractivity contribution in [3.8, 4) is 10.6 Å². The van der Waals surface area contributed by atoms with Gasteiger partial charge in [-0.25, -0.2) is 0 Å². The van der Waals surface area contributed by atoms with E-state index in [1.165, 1.54) is 25.9 Å². The van der Waals surface area contributed by atoms with Crippen LogP contribution in [0.4, 0.5) is 0 Å². The van der Waals surface area contributed by atoms with Crippen LogP contribution in [-0.2, 0) is 0 Å². The van der Waals surface area contributed by atoms with Crippen molar-refractivity contribution in [2.24, 2.45) is 5.92 Å². The number of aromatic nitrogens is 1. The summed E-state index contributed by atoms with van der Waals surface area (Å²) in [6.45, 7) is 8.16. The molecule has 0 bridgehead atoms. The molecule has 1 saturated heterocycles. The highest BCUT2D eigenvalue weighted by Gasteiger charge is 2.22. The van der Waals surface area contributed by atoms with Gasteiger partial charge in [0.25, 0.3) is 5.91 Å². The summed E-state index contributed by atoms with van der Waals surface area (Å²) in [5.74, 6) is 1.24. The molecule has 2 aromatic heterocycles. The highest BCUT2D eigenvalue weighted by molar-refractivity contribution is 9.11. The third-order valence-corrected chi connectivity index (χ3v) is 6.20. The Bertz CT molecular complexity index is 728. The first kappa shape index (κ1) is 18.6. The van der Waals surface area contributed by atoms with Crippen molar-refractivity contribution in [2.45, 2.75) is 33.1 Å². The van der Waals surface area contributed by atoms with Crippen LogP contribution in [0.25, 0.3) is 10.6 Å². The number of piperidine rings is 1. The molecule has 1 aliphatic heterocycles. The van der Waals surface area contributed by atoms with Gasteiger partial charge < -0.3 is 14.7 Å². The summed E-state index contributed by atoms with van der Waals surface area (Å²) in [5, 5.41) is 7.10. The van der Waals surface area contributed by atoms with Crippen molar-refractivity contribution in [1.82, 2.24) is 15.4 Å². The van der Waals surface area contributed by atoms with Crippen LogP contribution in [0.1, 0.15) is 42.3 Å². The minimum atomic E-state index is -0.106. The van der Waals surface area contributed by atoms with Crippen molar-refractivity contribution >= 4 is 33.2 Å². The van der Waals surface area contributed by atoms with Crippen LogP contribution >= 0.6 is 27.3 Å². The summed E-state index contributed by atoms with van der Waals surface area (Å²) in [7, 11) is 0. The lowest BCUT2D eigenvalue weighted by atomic mass is 10.0. The van der Waals surface area contributed by atoms with E-state index < -0.39 is 0 Å². The predicted molar refractivity (Wildman–Crippen MR) is 104 cm³/mol. The van der Waals surface area contributed by atoms with Crippen molar-refractivity contribution in [3.05, 3.63) is 27.2 Å². The summed E-state index contributed by atoms with van der Waals surface area (Å²) in [6, 6.07) is 3.89. The Labute approximate surface area is 160 Å². The Balaban J connectivity index is 1.54. The van der Waals surface area contributed by atoms with Crippen LogP contribution in [0.3, 0.4) is 0 Å². The SMILES string of the molecule is Cc1onc(-c2ccc(Br)s2)c1C(=O)NCCCN1CCC[C@H](C)C1. The zero-order chi connectivity index (χ0) is 17.8. The molecule has 0 aromatic carbocycles. The van der Waals surface area contributed by atoms with Crippen molar-refractivity contribution in [1.29, 1.82) is 0 Å². The van der Waals surface area contributed by atoms with E-state index in [1.54, 1.807) is 18.3 Å². The Kier molecular flexibility index (Phi) is 6.30. The standard InChI is InChI=1S/C18H24BrN3O2S/c1-12-5-3-9-22(11-12)10-4-8-20-18(23)16-13(2)24-21-17(16)14-6-7-15(19)25-14/h6-7,12H,3-5,8-11H2,1-2H3,(H,20,23)/t12-/m0/s1. The zero-order valence-electron chi connectivity index (χ0n) is 14.7. The number of nitrogens with one attached hydrogen (secondary N) is 1. The molecule has 0 spiro atoms. The summed E-state index contributed by atoms with van der Waals surface area (Å²) in [5.41, 5.74) is 1.16. The van der Waals surface area contributed by atoms with E-state index in [1.807, 2.05) is 12.1 Å². The minimum Gasteiger partial charge on any atom is -0.360 e.